The van der Waals surface area contributed by atoms with E-state index in [1.807, 2.05) is 18.2 Å². The van der Waals surface area contributed by atoms with Crippen LogP contribution in [0.5, 0.6) is 17.2 Å². The highest BCUT2D eigenvalue weighted by Crippen LogP contribution is 2.30. The first kappa shape index (κ1) is 15.4. The summed E-state index contributed by atoms with van der Waals surface area (Å²) in [6.45, 7) is 3.62. The second-order valence-electron chi connectivity index (χ2n) is 3.87. The van der Waals surface area contributed by atoms with E-state index in [4.69, 9.17) is 14.2 Å². The van der Waals surface area contributed by atoms with Gasteiger partial charge in [-0.05, 0) is 19.1 Å². The third kappa shape index (κ3) is 4.89. The molecule has 0 saturated carbocycles. The Labute approximate surface area is 122 Å². The molecule has 0 radical (unpaired) electrons. The second kappa shape index (κ2) is 8.42. The maximum Gasteiger partial charge on any atom is 0.164 e. The molecule has 1 aromatic carbocycles. The van der Waals surface area contributed by atoms with Crippen LogP contribution >= 0.6 is 22.6 Å². The summed E-state index contributed by atoms with van der Waals surface area (Å²) in [6.07, 6.45) is 0. The van der Waals surface area contributed by atoms with Crippen molar-refractivity contribution in [3.05, 3.63) is 18.2 Å². The number of alkyl halides is 1. The molecule has 1 atom stereocenters. The standard InChI is InChI=1S/C13H20INO3/c1-10(9-14)15-6-7-18-11-4-5-12(16-2)13(8-11)17-3/h4-5,8,10,15H,6-7,9H2,1-3H3. The van der Waals surface area contributed by atoms with Gasteiger partial charge in [-0.2, -0.15) is 0 Å². The van der Waals surface area contributed by atoms with Gasteiger partial charge in [0.2, 0.25) is 0 Å². The smallest absolute Gasteiger partial charge is 0.164 e. The van der Waals surface area contributed by atoms with Gasteiger partial charge >= 0.3 is 0 Å². The Hall–Kier alpha value is -0.690. The van der Waals surface area contributed by atoms with Crippen molar-refractivity contribution in [2.75, 3.05) is 31.8 Å². The number of methoxy groups -OCH3 is 2. The fourth-order valence-electron chi connectivity index (χ4n) is 1.44. The predicted octanol–water partition coefficient (Wildman–Crippen LogP) is 2.50. The molecular formula is C13H20INO3. The van der Waals surface area contributed by atoms with Crippen molar-refractivity contribution in [1.29, 1.82) is 0 Å². The summed E-state index contributed by atoms with van der Waals surface area (Å²) in [6, 6.07) is 6.07. The van der Waals surface area contributed by atoms with Crippen molar-refractivity contribution in [2.24, 2.45) is 0 Å². The first-order valence-electron chi connectivity index (χ1n) is 5.85. The van der Waals surface area contributed by atoms with Gasteiger partial charge in [0.15, 0.2) is 11.5 Å². The minimum absolute atomic E-state index is 0.514. The number of benzene rings is 1. The van der Waals surface area contributed by atoms with Crippen LogP contribution in [0.2, 0.25) is 0 Å². The summed E-state index contributed by atoms with van der Waals surface area (Å²) >= 11 is 2.36. The molecule has 0 fully saturated rings. The van der Waals surface area contributed by atoms with Gasteiger partial charge in [-0.1, -0.05) is 22.6 Å². The topological polar surface area (TPSA) is 39.7 Å². The fraction of sp³-hybridized carbons (Fsp3) is 0.538. The summed E-state index contributed by atoms with van der Waals surface area (Å²) in [5.41, 5.74) is 0. The Kier molecular flexibility index (Phi) is 7.19. The third-order valence-electron chi connectivity index (χ3n) is 2.45. The van der Waals surface area contributed by atoms with Gasteiger partial charge in [-0.15, -0.1) is 0 Å². The SMILES string of the molecule is COc1ccc(OCCNC(C)CI)cc1OC. The molecule has 0 spiro atoms. The molecule has 1 unspecified atom stereocenters. The molecule has 1 aromatic rings. The summed E-state index contributed by atoms with van der Waals surface area (Å²) < 4.78 is 17.1. The van der Waals surface area contributed by atoms with E-state index in [0.717, 1.165) is 16.7 Å². The minimum Gasteiger partial charge on any atom is -0.493 e. The largest absolute Gasteiger partial charge is 0.493 e. The van der Waals surface area contributed by atoms with Crippen LogP contribution in [0.1, 0.15) is 6.92 Å². The van der Waals surface area contributed by atoms with Gasteiger partial charge in [0.1, 0.15) is 12.4 Å². The van der Waals surface area contributed by atoms with Crippen molar-refractivity contribution in [2.45, 2.75) is 13.0 Å². The Bertz CT molecular complexity index is 360. The average Bonchev–Trinajstić information content (AvgIpc) is 2.42. The zero-order chi connectivity index (χ0) is 13.4. The van der Waals surface area contributed by atoms with Crippen molar-refractivity contribution >= 4 is 22.6 Å². The van der Waals surface area contributed by atoms with Gasteiger partial charge in [-0.25, -0.2) is 0 Å². The number of ether oxygens (including phenoxy) is 3. The number of rotatable bonds is 8. The summed E-state index contributed by atoms with van der Waals surface area (Å²) in [4.78, 5) is 0. The maximum absolute atomic E-state index is 5.64. The molecule has 4 nitrogen and oxygen atoms in total. The van der Waals surface area contributed by atoms with E-state index in [1.54, 1.807) is 14.2 Å². The van der Waals surface area contributed by atoms with Gasteiger partial charge in [0.25, 0.3) is 0 Å². The Balaban J connectivity index is 2.43. The van der Waals surface area contributed by atoms with E-state index in [0.29, 0.717) is 24.1 Å². The van der Waals surface area contributed by atoms with Crippen molar-refractivity contribution in [3.8, 4) is 17.2 Å². The zero-order valence-corrected chi connectivity index (χ0v) is 13.2. The molecule has 0 bridgehead atoms. The molecule has 5 heteroatoms. The lowest BCUT2D eigenvalue weighted by Gasteiger charge is -2.13. The van der Waals surface area contributed by atoms with E-state index in [9.17, 15) is 0 Å². The minimum atomic E-state index is 0.514. The Morgan fingerprint density at radius 1 is 1.22 bits per heavy atom. The number of hydrogen-bond donors (Lipinski definition) is 1. The van der Waals surface area contributed by atoms with Crippen LogP contribution in [0.15, 0.2) is 18.2 Å². The van der Waals surface area contributed by atoms with Crippen LogP contribution < -0.4 is 19.5 Å². The molecule has 0 aliphatic heterocycles. The van der Waals surface area contributed by atoms with Crippen molar-refractivity contribution in [3.63, 3.8) is 0 Å². The fourth-order valence-corrected chi connectivity index (χ4v) is 1.75. The van der Waals surface area contributed by atoms with Gasteiger partial charge in [-0.3, -0.25) is 0 Å². The number of halogens is 1. The van der Waals surface area contributed by atoms with Gasteiger partial charge < -0.3 is 19.5 Å². The van der Waals surface area contributed by atoms with Crippen molar-refractivity contribution < 1.29 is 14.2 Å². The molecule has 0 aliphatic carbocycles. The molecular weight excluding hydrogens is 345 g/mol. The second-order valence-corrected chi connectivity index (χ2v) is 4.76. The first-order valence-corrected chi connectivity index (χ1v) is 7.38. The molecule has 0 aliphatic rings. The molecule has 0 aromatic heterocycles. The lowest BCUT2D eigenvalue weighted by molar-refractivity contribution is 0.304. The highest BCUT2D eigenvalue weighted by molar-refractivity contribution is 14.1. The normalized spacial score (nSPS) is 12.0. The van der Waals surface area contributed by atoms with Crippen LogP contribution in [-0.2, 0) is 0 Å². The van der Waals surface area contributed by atoms with Crippen LogP contribution in [0.3, 0.4) is 0 Å². The van der Waals surface area contributed by atoms with E-state index < -0.39 is 0 Å². The molecule has 0 amide bonds. The highest BCUT2D eigenvalue weighted by atomic mass is 127. The molecule has 1 N–H and O–H groups in total. The summed E-state index contributed by atoms with van der Waals surface area (Å²) in [5, 5.41) is 3.37. The van der Waals surface area contributed by atoms with E-state index in [2.05, 4.69) is 34.8 Å². The summed E-state index contributed by atoms with van der Waals surface area (Å²) in [5.74, 6) is 2.18. The molecule has 102 valence electrons. The Morgan fingerprint density at radius 3 is 2.56 bits per heavy atom. The third-order valence-corrected chi connectivity index (χ3v) is 3.77. The van der Waals surface area contributed by atoms with Gasteiger partial charge in [0, 0.05) is 23.1 Å². The predicted molar refractivity (Wildman–Crippen MR) is 81.4 cm³/mol. The lowest BCUT2D eigenvalue weighted by atomic mass is 10.3. The highest BCUT2D eigenvalue weighted by Gasteiger charge is 2.05. The summed E-state index contributed by atoms with van der Waals surface area (Å²) in [7, 11) is 3.24. The monoisotopic (exact) mass is 365 g/mol. The maximum atomic E-state index is 5.64. The zero-order valence-electron chi connectivity index (χ0n) is 11.0. The average molecular weight is 365 g/mol. The first-order chi connectivity index (χ1) is 8.71. The van der Waals surface area contributed by atoms with Crippen LogP contribution in [0.4, 0.5) is 0 Å². The molecule has 0 heterocycles. The van der Waals surface area contributed by atoms with E-state index in [1.165, 1.54) is 0 Å². The van der Waals surface area contributed by atoms with Crippen LogP contribution in [0.25, 0.3) is 0 Å². The van der Waals surface area contributed by atoms with E-state index in [-0.39, 0.29) is 0 Å². The van der Waals surface area contributed by atoms with Crippen LogP contribution in [-0.4, -0.2) is 37.8 Å². The lowest BCUT2D eigenvalue weighted by Crippen LogP contribution is -2.31. The quantitative estimate of drug-likeness (QED) is 0.437. The molecule has 0 saturated heterocycles. The Morgan fingerprint density at radius 2 is 1.94 bits per heavy atom. The molecule has 18 heavy (non-hydrogen) atoms. The van der Waals surface area contributed by atoms with E-state index >= 15 is 0 Å². The van der Waals surface area contributed by atoms with Crippen LogP contribution in [0, 0.1) is 0 Å². The molecule has 1 rings (SSSR count). The number of hydrogen-bond acceptors (Lipinski definition) is 4. The number of nitrogens with one attached hydrogen (secondary N) is 1. The van der Waals surface area contributed by atoms with Gasteiger partial charge in [0.05, 0.1) is 14.2 Å². The van der Waals surface area contributed by atoms with Crippen molar-refractivity contribution in [1.82, 2.24) is 5.32 Å².